The zero-order valence-electron chi connectivity index (χ0n) is 6.57. The van der Waals surface area contributed by atoms with E-state index in [1.165, 1.54) is 0 Å². The summed E-state index contributed by atoms with van der Waals surface area (Å²) in [6, 6.07) is 0. The van der Waals surface area contributed by atoms with Gasteiger partial charge in [-0.15, -0.1) is 10.2 Å². The van der Waals surface area contributed by atoms with E-state index < -0.39 is 0 Å². The molecule has 0 radical (unpaired) electrons. The number of hydrazine groups is 1. The van der Waals surface area contributed by atoms with Crippen LogP contribution in [-0.2, 0) is 6.54 Å². The summed E-state index contributed by atoms with van der Waals surface area (Å²) in [5, 5.41) is 16.0. The molecule has 0 fully saturated rings. The highest BCUT2D eigenvalue weighted by Gasteiger charge is 1.98. The summed E-state index contributed by atoms with van der Waals surface area (Å²) in [5.41, 5.74) is 2.37. The highest BCUT2D eigenvalue weighted by atomic mass is 15.5. The molecule has 1 rings (SSSR count). The van der Waals surface area contributed by atoms with Gasteiger partial charge in [0.25, 0.3) is 0 Å². The minimum absolute atomic E-state index is 0.424. The number of H-pyrrole nitrogens is 1. The van der Waals surface area contributed by atoms with Gasteiger partial charge in [-0.05, 0) is 0 Å². The third-order valence-electron chi connectivity index (χ3n) is 1.16. The number of rotatable bonds is 2. The van der Waals surface area contributed by atoms with Crippen LogP contribution in [0.2, 0.25) is 0 Å². The topological polar surface area (TPSA) is 117 Å². The van der Waals surface area contributed by atoms with Crippen molar-refractivity contribution in [1.29, 1.82) is 0 Å². The second-order valence-electron chi connectivity index (χ2n) is 1.90. The van der Waals surface area contributed by atoms with Crippen molar-refractivity contribution in [3.05, 3.63) is 5.82 Å². The lowest BCUT2D eigenvalue weighted by molar-refractivity contribution is 0.790. The van der Waals surface area contributed by atoms with Crippen LogP contribution in [0.3, 0.4) is 0 Å². The van der Waals surface area contributed by atoms with Gasteiger partial charge in [0, 0.05) is 7.05 Å². The fraction of sp³-hybridized carbons (Fsp3) is 0.500. The van der Waals surface area contributed by atoms with Gasteiger partial charge in [-0.3, -0.25) is 10.4 Å². The lowest BCUT2D eigenvalue weighted by Gasteiger charge is -2.04. The highest BCUT2D eigenvalue weighted by molar-refractivity contribution is 5.78. The van der Waals surface area contributed by atoms with Gasteiger partial charge >= 0.3 is 0 Å². The molecule has 0 saturated heterocycles. The minimum Gasteiger partial charge on any atom is -0.348 e. The fourth-order valence-electron chi connectivity index (χ4n) is 0.615. The first kappa shape index (κ1) is 8.40. The number of nitrogens with one attached hydrogen (secondary N) is 3. The van der Waals surface area contributed by atoms with E-state index in [-0.39, 0.29) is 0 Å². The number of tetrazole rings is 1. The molecule has 0 spiro atoms. The third kappa shape index (κ3) is 2.16. The molecule has 0 bridgehead atoms. The van der Waals surface area contributed by atoms with Gasteiger partial charge in [0.2, 0.25) is 5.96 Å². The Bertz CT molecular complexity index is 238. The van der Waals surface area contributed by atoms with Crippen LogP contribution in [0.5, 0.6) is 0 Å². The van der Waals surface area contributed by atoms with Gasteiger partial charge in [0.1, 0.15) is 0 Å². The van der Waals surface area contributed by atoms with Crippen molar-refractivity contribution in [1.82, 2.24) is 31.4 Å². The Morgan fingerprint density at radius 1 is 1.75 bits per heavy atom. The minimum atomic E-state index is 0.424. The Kier molecular flexibility index (Phi) is 2.96. The molecule has 0 aliphatic rings. The van der Waals surface area contributed by atoms with Gasteiger partial charge in [-0.25, -0.2) is 5.84 Å². The van der Waals surface area contributed by atoms with Gasteiger partial charge < -0.3 is 5.32 Å². The first-order chi connectivity index (χ1) is 5.86. The molecule has 1 aromatic heterocycles. The molecule has 0 atom stereocenters. The third-order valence-corrected chi connectivity index (χ3v) is 1.16. The maximum absolute atomic E-state index is 5.12. The standard InChI is InChI=1S/C4H10N8/c1-6-4(8-5)7-2-3-9-11-12-10-3/h2,5H2,1H3,(H2,6,7,8)(H,9,10,11,12). The summed E-state index contributed by atoms with van der Waals surface area (Å²) in [5.74, 6) is 6.13. The number of aromatic nitrogens is 4. The van der Waals surface area contributed by atoms with Crippen LogP contribution < -0.4 is 16.6 Å². The van der Waals surface area contributed by atoms with E-state index in [0.29, 0.717) is 18.3 Å². The summed E-state index contributed by atoms with van der Waals surface area (Å²) < 4.78 is 0. The molecule has 0 amide bonds. The quantitative estimate of drug-likeness (QED) is 0.172. The van der Waals surface area contributed by atoms with Crippen LogP contribution in [0.1, 0.15) is 5.82 Å². The van der Waals surface area contributed by atoms with E-state index in [1.54, 1.807) is 7.05 Å². The van der Waals surface area contributed by atoms with Crippen molar-refractivity contribution < 1.29 is 0 Å². The first-order valence-corrected chi connectivity index (χ1v) is 3.26. The summed E-state index contributed by atoms with van der Waals surface area (Å²) >= 11 is 0. The Morgan fingerprint density at radius 3 is 3.08 bits per heavy atom. The van der Waals surface area contributed by atoms with E-state index in [4.69, 9.17) is 5.84 Å². The molecule has 0 unspecified atom stereocenters. The maximum atomic E-state index is 5.12. The van der Waals surface area contributed by atoms with Crippen LogP contribution in [-0.4, -0.2) is 33.6 Å². The summed E-state index contributed by atoms with van der Waals surface area (Å²) in [4.78, 5) is 3.79. The number of nitrogens with zero attached hydrogens (tertiary/aromatic N) is 4. The van der Waals surface area contributed by atoms with Gasteiger partial charge in [-0.2, -0.15) is 5.21 Å². The molecule has 1 heterocycles. The molecule has 5 N–H and O–H groups in total. The molecule has 8 nitrogen and oxygen atoms in total. The number of hydrogen-bond acceptors (Lipinski definition) is 5. The van der Waals surface area contributed by atoms with E-state index in [0.717, 1.165) is 0 Å². The molecule has 8 heteroatoms. The second kappa shape index (κ2) is 4.23. The largest absolute Gasteiger partial charge is 0.348 e. The lowest BCUT2D eigenvalue weighted by Crippen LogP contribution is -2.41. The molecular formula is C4H10N8. The fourth-order valence-corrected chi connectivity index (χ4v) is 0.615. The van der Waals surface area contributed by atoms with Crippen LogP contribution in [0.15, 0.2) is 4.99 Å². The molecule has 12 heavy (non-hydrogen) atoms. The second-order valence-corrected chi connectivity index (χ2v) is 1.90. The number of aliphatic imine (C=N–C) groups is 1. The van der Waals surface area contributed by atoms with Crippen LogP contribution in [0.4, 0.5) is 0 Å². The van der Waals surface area contributed by atoms with Crippen molar-refractivity contribution in [3.63, 3.8) is 0 Å². The summed E-state index contributed by atoms with van der Waals surface area (Å²) in [7, 11) is 1.61. The highest BCUT2D eigenvalue weighted by Crippen LogP contribution is 1.79. The lowest BCUT2D eigenvalue weighted by atomic mass is 10.6. The average molecular weight is 170 g/mol. The van der Waals surface area contributed by atoms with E-state index >= 15 is 0 Å². The molecular weight excluding hydrogens is 160 g/mol. The van der Waals surface area contributed by atoms with Crippen molar-refractivity contribution in [2.75, 3.05) is 7.05 Å². The van der Waals surface area contributed by atoms with Crippen LogP contribution >= 0.6 is 0 Å². The Balaban J connectivity index is 2.35. The summed E-state index contributed by atoms with van der Waals surface area (Å²) in [6.07, 6.45) is 0. The maximum Gasteiger partial charge on any atom is 0.205 e. The molecule has 66 valence electrons. The monoisotopic (exact) mass is 170 g/mol. The van der Waals surface area contributed by atoms with Crippen LogP contribution in [0, 0.1) is 0 Å². The zero-order chi connectivity index (χ0) is 8.81. The number of nitrogens with two attached hydrogens (primary N) is 1. The van der Waals surface area contributed by atoms with Crippen molar-refractivity contribution in [2.24, 2.45) is 10.8 Å². The van der Waals surface area contributed by atoms with Crippen molar-refractivity contribution in [2.45, 2.75) is 6.54 Å². The van der Waals surface area contributed by atoms with Crippen molar-refractivity contribution >= 4 is 5.96 Å². The van der Waals surface area contributed by atoms with E-state index in [2.05, 4.69) is 36.4 Å². The van der Waals surface area contributed by atoms with E-state index in [9.17, 15) is 0 Å². The Morgan fingerprint density at radius 2 is 2.58 bits per heavy atom. The average Bonchev–Trinajstić information content (AvgIpc) is 2.59. The predicted octanol–water partition coefficient (Wildman–Crippen LogP) is -2.26. The Hall–Kier alpha value is -1.70. The zero-order valence-corrected chi connectivity index (χ0v) is 6.57. The molecule has 1 aromatic rings. The smallest absolute Gasteiger partial charge is 0.205 e. The molecule has 0 aliphatic heterocycles. The molecule has 0 saturated carbocycles. The number of hydrogen-bond donors (Lipinski definition) is 4. The molecule has 0 aromatic carbocycles. The number of guanidine groups is 1. The summed E-state index contributed by atoms with van der Waals surface area (Å²) in [6.45, 7) is 0.424. The Labute approximate surface area is 68.6 Å². The van der Waals surface area contributed by atoms with E-state index in [1.807, 2.05) is 0 Å². The SMILES string of the molecule is CN=C(NN)NCc1nn[nH]n1. The number of aromatic amines is 1. The van der Waals surface area contributed by atoms with Crippen molar-refractivity contribution in [3.8, 4) is 0 Å². The van der Waals surface area contributed by atoms with Crippen LogP contribution in [0.25, 0.3) is 0 Å². The van der Waals surface area contributed by atoms with Gasteiger partial charge in [0.15, 0.2) is 5.82 Å². The normalized spacial score (nSPS) is 11.3. The van der Waals surface area contributed by atoms with Gasteiger partial charge in [-0.1, -0.05) is 5.21 Å². The first-order valence-electron chi connectivity index (χ1n) is 3.26. The van der Waals surface area contributed by atoms with Gasteiger partial charge in [0.05, 0.1) is 6.54 Å². The molecule has 0 aliphatic carbocycles. The predicted molar refractivity (Wildman–Crippen MR) is 41.7 cm³/mol.